The predicted molar refractivity (Wildman–Crippen MR) is 74.9 cm³/mol. The highest BCUT2D eigenvalue weighted by Crippen LogP contribution is 2.52. The van der Waals surface area contributed by atoms with Crippen molar-refractivity contribution in [1.29, 1.82) is 0 Å². The number of thioether (sulfide) groups is 1. The highest BCUT2D eigenvalue weighted by atomic mass is 35.5. The molecule has 0 aromatic carbocycles. The number of carbonyl (C=O) groups excluding carboxylic acids is 1. The topological polar surface area (TPSA) is 82.3 Å². The number of halogens is 1. The Hall–Kier alpha value is -1.34. The van der Waals surface area contributed by atoms with E-state index in [1.54, 1.807) is 0 Å². The fraction of sp³-hybridized carbons (Fsp3) is 0.500. The number of carbonyl (C=O) groups is 1. The lowest BCUT2D eigenvalue weighted by Gasteiger charge is -2.12. The summed E-state index contributed by atoms with van der Waals surface area (Å²) < 4.78 is 4.67. The lowest BCUT2D eigenvalue weighted by atomic mass is 10.1. The Morgan fingerprint density at radius 2 is 2.30 bits per heavy atom. The molecule has 20 heavy (non-hydrogen) atoms. The molecule has 1 aliphatic rings. The normalized spacial score (nSPS) is 15.7. The molecule has 1 aromatic rings. The van der Waals surface area contributed by atoms with Gasteiger partial charge >= 0.3 is 5.97 Å². The summed E-state index contributed by atoms with van der Waals surface area (Å²) in [7, 11) is 1.37. The number of hydrogen-bond acceptors (Lipinski definition) is 6. The molecular weight excluding hydrogens is 304 g/mol. The van der Waals surface area contributed by atoms with Crippen LogP contribution in [0.4, 0.5) is 5.69 Å². The largest absolute Gasteiger partial charge is 0.469 e. The standard InChI is InChI=1S/C12H13ClN2O4S/c1-19-11(16)6-12(2-3-12)7-20-10-5-8(15(17)18)4-9(13)14-10/h4-5H,2-3,6-7H2,1H3. The molecule has 1 saturated carbocycles. The lowest BCUT2D eigenvalue weighted by Crippen LogP contribution is -2.13. The number of rotatable bonds is 6. The average Bonchev–Trinajstić information content (AvgIpc) is 3.16. The number of nitro groups is 1. The Labute approximate surface area is 125 Å². The number of ether oxygens (including phenoxy) is 1. The smallest absolute Gasteiger partial charge is 0.306 e. The van der Waals surface area contributed by atoms with E-state index >= 15 is 0 Å². The van der Waals surface area contributed by atoms with Gasteiger partial charge in [0.15, 0.2) is 0 Å². The first kappa shape index (κ1) is 15.1. The van der Waals surface area contributed by atoms with Crippen molar-refractivity contribution in [2.24, 2.45) is 5.41 Å². The third kappa shape index (κ3) is 3.83. The Balaban J connectivity index is 2.01. The van der Waals surface area contributed by atoms with Crippen molar-refractivity contribution in [3.05, 3.63) is 27.4 Å². The molecule has 2 rings (SSSR count). The van der Waals surface area contributed by atoms with Gasteiger partial charge < -0.3 is 4.74 Å². The zero-order valence-electron chi connectivity index (χ0n) is 10.8. The molecule has 0 radical (unpaired) electrons. The van der Waals surface area contributed by atoms with Crippen LogP contribution in [0.3, 0.4) is 0 Å². The molecule has 8 heteroatoms. The van der Waals surface area contributed by atoms with Crippen molar-refractivity contribution < 1.29 is 14.5 Å². The van der Waals surface area contributed by atoms with E-state index in [1.807, 2.05) is 0 Å². The third-order valence-electron chi connectivity index (χ3n) is 3.20. The van der Waals surface area contributed by atoms with Crippen LogP contribution < -0.4 is 0 Å². The summed E-state index contributed by atoms with van der Waals surface area (Å²) in [5.41, 5.74) is -0.137. The highest BCUT2D eigenvalue weighted by molar-refractivity contribution is 7.99. The number of aromatic nitrogens is 1. The summed E-state index contributed by atoms with van der Waals surface area (Å²) in [5.74, 6) is 0.445. The van der Waals surface area contributed by atoms with Gasteiger partial charge in [0.1, 0.15) is 10.2 Å². The van der Waals surface area contributed by atoms with Gasteiger partial charge in [-0.25, -0.2) is 4.98 Å². The molecule has 1 heterocycles. The summed E-state index contributed by atoms with van der Waals surface area (Å²) in [4.78, 5) is 25.6. The van der Waals surface area contributed by atoms with Crippen molar-refractivity contribution in [1.82, 2.24) is 4.98 Å². The van der Waals surface area contributed by atoms with Crippen LogP contribution in [-0.2, 0) is 9.53 Å². The van der Waals surface area contributed by atoms with Crippen LogP contribution in [0.2, 0.25) is 5.15 Å². The van der Waals surface area contributed by atoms with Crippen LogP contribution in [0.25, 0.3) is 0 Å². The van der Waals surface area contributed by atoms with Gasteiger partial charge in [0.25, 0.3) is 5.69 Å². The number of nitrogens with zero attached hydrogens (tertiary/aromatic N) is 2. The van der Waals surface area contributed by atoms with E-state index in [4.69, 9.17) is 11.6 Å². The van der Waals surface area contributed by atoms with Gasteiger partial charge in [-0.1, -0.05) is 11.6 Å². The molecule has 0 aliphatic heterocycles. The van der Waals surface area contributed by atoms with Crippen molar-refractivity contribution in [3.8, 4) is 0 Å². The molecule has 0 atom stereocenters. The zero-order chi connectivity index (χ0) is 14.8. The van der Waals surface area contributed by atoms with Crippen molar-refractivity contribution in [2.45, 2.75) is 24.3 Å². The van der Waals surface area contributed by atoms with Gasteiger partial charge in [-0.3, -0.25) is 14.9 Å². The van der Waals surface area contributed by atoms with E-state index in [2.05, 4.69) is 9.72 Å². The van der Waals surface area contributed by atoms with E-state index in [-0.39, 0.29) is 22.2 Å². The number of pyridine rings is 1. The van der Waals surface area contributed by atoms with Gasteiger partial charge in [0, 0.05) is 11.8 Å². The lowest BCUT2D eigenvalue weighted by molar-refractivity contribution is -0.385. The van der Waals surface area contributed by atoms with Gasteiger partial charge in [0.05, 0.1) is 24.5 Å². The summed E-state index contributed by atoms with van der Waals surface area (Å²) in [6.07, 6.45) is 2.29. The summed E-state index contributed by atoms with van der Waals surface area (Å²) in [5, 5.41) is 11.3. The summed E-state index contributed by atoms with van der Waals surface area (Å²) in [6, 6.07) is 2.61. The first-order chi connectivity index (χ1) is 9.44. The van der Waals surface area contributed by atoms with Crippen molar-refractivity contribution in [2.75, 3.05) is 12.9 Å². The van der Waals surface area contributed by atoms with Gasteiger partial charge in [-0.05, 0) is 18.3 Å². The molecule has 1 aromatic heterocycles. The van der Waals surface area contributed by atoms with Gasteiger partial charge in [-0.15, -0.1) is 11.8 Å². The summed E-state index contributed by atoms with van der Waals surface area (Å²) >= 11 is 7.14. The fourth-order valence-corrected chi connectivity index (χ4v) is 3.26. The Morgan fingerprint density at radius 3 is 2.85 bits per heavy atom. The number of methoxy groups -OCH3 is 1. The van der Waals surface area contributed by atoms with Crippen molar-refractivity contribution in [3.63, 3.8) is 0 Å². The fourth-order valence-electron chi connectivity index (χ4n) is 1.79. The maximum Gasteiger partial charge on any atom is 0.306 e. The van der Waals surface area contributed by atoms with Crippen LogP contribution >= 0.6 is 23.4 Å². The second-order valence-corrected chi connectivity index (χ2v) is 6.17. The van der Waals surface area contributed by atoms with Crippen LogP contribution in [0.5, 0.6) is 0 Å². The maximum atomic E-state index is 11.3. The molecule has 108 valence electrons. The van der Waals surface area contributed by atoms with E-state index in [1.165, 1.54) is 31.0 Å². The Kier molecular flexibility index (Phi) is 4.49. The minimum atomic E-state index is -0.501. The molecule has 1 fully saturated rings. The molecule has 0 spiro atoms. The first-order valence-electron chi connectivity index (χ1n) is 5.96. The Morgan fingerprint density at radius 1 is 1.60 bits per heavy atom. The van der Waals surface area contributed by atoms with E-state index < -0.39 is 4.92 Å². The Bertz CT molecular complexity index is 548. The van der Waals surface area contributed by atoms with E-state index in [9.17, 15) is 14.9 Å². The highest BCUT2D eigenvalue weighted by Gasteiger charge is 2.44. The molecule has 6 nitrogen and oxygen atoms in total. The SMILES string of the molecule is COC(=O)CC1(CSc2cc([N+](=O)[O-])cc(Cl)n2)CC1. The van der Waals surface area contributed by atoms with Gasteiger partial charge in [-0.2, -0.15) is 0 Å². The van der Waals surface area contributed by atoms with Gasteiger partial charge in [0.2, 0.25) is 0 Å². The van der Waals surface area contributed by atoms with Crippen LogP contribution in [0, 0.1) is 15.5 Å². The molecule has 0 saturated heterocycles. The average molecular weight is 317 g/mol. The second kappa shape index (κ2) is 5.97. The van der Waals surface area contributed by atoms with Crippen LogP contribution in [-0.4, -0.2) is 28.7 Å². The van der Waals surface area contributed by atoms with Crippen LogP contribution in [0.15, 0.2) is 17.2 Å². The second-order valence-electron chi connectivity index (χ2n) is 4.78. The zero-order valence-corrected chi connectivity index (χ0v) is 12.4. The van der Waals surface area contributed by atoms with Crippen molar-refractivity contribution >= 4 is 35.0 Å². The molecular formula is C12H13ClN2O4S. The maximum absolute atomic E-state index is 11.3. The first-order valence-corrected chi connectivity index (χ1v) is 7.32. The quantitative estimate of drug-likeness (QED) is 0.264. The predicted octanol–water partition coefficient (Wildman–Crippen LogP) is 3.08. The third-order valence-corrected chi connectivity index (χ3v) is 4.65. The molecule has 0 N–H and O–H groups in total. The van der Waals surface area contributed by atoms with Crippen LogP contribution in [0.1, 0.15) is 19.3 Å². The number of esters is 1. The molecule has 0 bridgehead atoms. The van der Waals surface area contributed by atoms with E-state index in [0.717, 1.165) is 12.8 Å². The molecule has 0 unspecified atom stereocenters. The van der Waals surface area contributed by atoms with E-state index in [0.29, 0.717) is 17.2 Å². The number of hydrogen-bond donors (Lipinski definition) is 0. The minimum Gasteiger partial charge on any atom is -0.469 e. The molecule has 1 aliphatic carbocycles. The summed E-state index contributed by atoms with van der Waals surface area (Å²) in [6.45, 7) is 0. The minimum absolute atomic E-state index is 0.0590. The monoisotopic (exact) mass is 316 g/mol. The molecule has 0 amide bonds.